The van der Waals surface area contributed by atoms with E-state index in [9.17, 15) is 0 Å². The van der Waals surface area contributed by atoms with Crippen molar-refractivity contribution >= 4 is 60.4 Å². The molecule has 1 heterocycles. The molecular weight excluding hydrogens is 773 g/mol. The summed E-state index contributed by atoms with van der Waals surface area (Å²) in [5, 5.41) is 7.28. The van der Waals surface area contributed by atoms with Gasteiger partial charge in [0, 0.05) is 38.4 Å². The van der Waals surface area contributed by atoms with Crippen LogP contribution >= 0.6 is 0 Å². The van der Waals surface area contributed by atoms with Gasteiger partial charge in [0.1, 0.15) is 0 Å². The van der Waals surface area contributed by atoms with Crippen LogP contribution in [0.4, 0.5) is 17.1 Å². The minimum atomic E-state index is 1.10. The van der Waals surface area contributed by atoms with E-state index in [0.29, 0.717) is 0 Å². The maximum absolute atomic E-state index is 2.51. The lowest BCUT2D eigenvalue weighted by Crippen LogP contribution is -2.11. The fraction of sp³-hybridized carbons (Fsp3) is 0. The van der Waals surface area contributed by atoms with E-state index in [1.165, 1.54) is 82.4 Å². The topological polar surface area (TPSA) is 8.17 Å². The Morgan fingerprint density at radius 3 is 1.33 bits per heavy atom. The van der Waals surface area contributed by atoms with E-state index < -0.39 is 0 Å². The van der Waals surface area contributed by atoms with Gasteiger partial charge in [-0.15, -0.1) is 0 Å². The van der Waals surface area contributed by atoms with Gasteiger partial charge in [-0.05, 0) is 80.6 Å². The zero-order valence-corrected chi connectivity index (χ0v) is 35.1. The van der Waals surface area contributed by atoms with E-state index in [1.54, 1.807) is 0 Å². The molecule has 12 rings (SSSR count). The van der Waals surface area contributed by atoms with Crippen LogP contribution in [0, 0.1) is 0 Å². The van der Waals surface area contributed by atoms with Crippen LogP contribution in [0.2, 0.25) is 0 Å². The zero-order valence-electron chi connectivity index (χ0n) is 35.1. The number of nitrogens with zero attached hydrogens (tertiary/aromatic N) is 2. The molecule has 0 aliphatic heterocycles. The second kappa shape index (κ2) is 15.8. The van der Waals surface area contributed by atoms with Gasteiger partial charge in [-0.2, -0.15) is 0 Å². The molecule has 1 aromatic heterocycles. The molecule has 0 aliphatic rings. The lowest BCUT2D eigenvalue weighted by molar-refractivity contribution is 1.18. The highest BCUT2D eigenvalue weighted by molar-refractivity contribution is 6.12. The molecule has 0 bridgehead atoms. The summed E-state index contributed by atoms with van der Waals surface area (Å²) < 4.78 is 2.51. The molecule has 0 N–H and O–H groups in total. The summed E-state index contributed by atoms with van der Waals surface area (Å²) in [7, 11) is 0. The van der Waals surface area contributed by atoms with Gasteiger partial charge in [-0.25, -0.2) is 0 Å². The fourth-order valence-electron chi connectivity index (χ4n) is 9.88. The molecule has 0 aliphatic carbocycles. The van der Waals surface area contributed by atoms with E-state index in [0.717, 1.165) is 28.2 Å². The van der Waals surface area contributed by atoms with E-state index in [4.69, 9.17) is 0 Å². The molecule has 64 heavy (non-hydrogen) atoms. The zero-order chi connectivity index (χ0) is 42.4. The summed E-state index contributed by atoms with van der Waals surface area (Å²) in [6, 6.07) is 92.8. The van der Waals surface area contributed by atoms with Crippen LogP contribution in [-0.2, 0) is 0 Å². The first-order valence-electron chi connectivity index (χ1n) is 22.0. The largest absolute Gasteiger partial charge is 0.309 e. The Bertz CT molecular complexity index is 3530. The highest BCUT2D eigenvalue weighted by atomic mass is 15.1. The Morgan fingerprint density at radius 1 is 0.266 bits per heavy atom. The lowest BCUT2D eigenvalue weighted by Gasteiger charge is -2.28. The van der Waals surface area contributed by atoms with Crippen LogP contribution in [0.5, 0.6) is 0 Å². The van der Waals surface area contributed by atoms with Gasteiger partial charge in [-0.3, -0.25) is 0 Å². The van der Waals surface area contributed by atoms with Crippen LogP contribution in [-0.4, -0.2) is 4.57 Å². The molecule has 0 saturated heterocycles. The Balaban J connectivity index is 1.06. The molecule has 0 spiro atoms. The molecule has 0 fully saturated rings. The molecule has 12 aromatic rings. The number of hydrogen-bond donors (Lipinski definition) is 0. The van der Waals surface area contributed by atoms with Crippen LogP contribution in [0.1, 0.15) is 0 Å². The van der Waals surface area contributed by atoms with Crippen molar-refractivity contribution in [2.24, 2.45) is 0 Å². The van der Waals surface area contributed by atoms with Crippen LogP contribution in [0.15, 0.2) is 255 Å². The molecule has 2 nitrogen and oxygen atoms in total. The van der Waals surface area contributed by atoms with Crippen molar-refractivity contribution < 1.29 is 0 Å². The van der Waals surface area contributed by atoms with Crippen molar-refractivity contribution in [1.29, 1.82) is 0 Å². The number of hydrogen-bond acceptors (Lipinski definition) is 1. The van der Waals surface area contributed by atoms with Crippen molar-refractivity contribution in [3.05, 3.63) is 255 Å². The molecule has 0 radical (unpaired) electrons. The van der Waals surface area contributed by atoms with E-state index in [-0.39, 0.29) is 0 Å². The number of aromatic nitrogens is 1. The lowest BCUT2D eigenvalue weighted by atomic mass is 9.93. The average molecular weight is 815 g/mol. The first-order valence-corrected chi connectivity index (χ1v) is 22.0. The predicted molar refractivity (Wildman–Crippen MR) is 272 cm³/mol. The number of para-hydroxylation sites is 2. The van der Waals surface area contributed by atoms with Gasteiger partial charge in [0.2, 0.25) is 0 Å². The molecule has 2 heteroatoms. The highest BCUT2D eigenvalue weighted by Crippen LogP contribution is 2.46. The van der Waals surface area contributed by atoms with Gasteiger partial charge < -0.3 is 9.47 Å². The van der Waals surface area contributed by atoms with Crippen molar-refractivity contribution in [2.75, 3.05) is 4.90 Å². The van der Waals surface area contributed by atoms with Crippen LogP contribution < -0.4 is 4.90 Å². The van der Waals surface area contributed by atoms with Gasteiger partial charge in [-0.1, -0.05) is 218 Å². The number of anilines is 3. The molecule has 0 saturated carbocycles. The van der Waals surface area contributed by atoms with Crippen LogP contribution in [0.25, 0.3) is 93.5 Å². The van der Waals surface area contributed by atoms with Gasteiger partial charge in [0.25, 0.3) is 0 Å². The van der Waals surface area contributed by atoms with Crippen molar-refractivity contribution in [3.8, 4) is 50.2 Å². The summed E-state index contributed by atoms with van der Waals surface area (Å²) in [6.07, 6.45) is 0. The van der Waals surface area contributed by atoms with E-state index in [1.807, 2.05) is 0 Å². The third-order valence-electron chi connectivity index (χ3n) is 12.8. The molecular formula is C62H42N2. The quantitative estimate of drug-likeness (QED) is 0.148. The minimum absolute atomic E-state index is 1.10. The third kappa shape index (κ3) is 6.35. The standard InChI is InChI=1S/C62H42N2/c1-3-19-45(20-4-1)54-34-18-35-55(46-21-5-2-6-22-46)62(54)64-60-36-14-13-33-56(60)57-40-39-48(42-61(57)64)51-30-12-11-29-50(51)47-27-15-28-49(41-47)63(58-37-16-25-43-23-7-9-31-52(43)58)59-38-17-26-44-24-8-10-32-53(44)59/h1-42H. The maximum atomic E-state index is 2.51. The normalized spacial score (nSPS) is 11.4. The molecule has 11 aromatic carbocycles. The van der Waals surface area contributed by atoms with Crippen LogP contribution in [0.3, 0.4) is 0 Å². The monoisotopic (exact) mass is 814 g/mol. The minimum Gasteiger partial charge on any atom is -0.309 e. The summed E-state index contributed by atoms with van der Waals surface area (Å²) in [6.45, 7) is 0. The summed E-state index contributed by atoms with van der Waals surface area (Å²) >= 11 is 0. The first kappa shape index (κ1) is 37.3. The molecule has 0 amide bonds. The summed E-state index contributed by atoms with van der Waals surface area (Å²) in [5.41, 5.74) is 16.3. The number of fused-ring (bicyclic) bond motifs is 5. The van der Waals surface area contributed by atoms with Gasteiger partial charge >= 0.3 is 0 Å². The Labute approximate surface area is 373 Å². The SMILES string of the molecule is c1ccc(-c2cccc(-c3ccccc3)c2-n2c3ccccc3c3ccc(-c4ccccc4-c4cccc(N(c5cccc6ccccc56)c5cccc6ccccc56)c4)cc32)cc1. The second-order valence-corrected chi connectivity index (χ2v) is 16.4. The summed E-state index contributed by atoms with van der Waals surface area (Å²) in [5.74, 6) is 0. The fourth-order valence-corrected chi connectivity index (χ4v) is 9.88. The van der Waals surface area contributed by atoms with Gasteiger partial charge in [0.05, 0.1) is 28.1 Å². The van der Waals surface area contributed by atoms with Crippen molar-refractivity contribution in [2.45, 2.75) is 0 Å². The summed E-state index contributed by atoms with van der Waals surface area (Å²) in [4.78, 5) is 2.44. The first-order chi connectivity index (χ1) is 31.8. The molecule has 300 valence electrons. The highest BCUT2D eigenvalue weighted by Gasteiger charge is 2.22. The number of benzene rings is 11. The van der Waals surface area contributed by atoms with E-state index in [2.05, 4.69) is 264 Å². The maximum Gasteiger partial charge on any atom is 0.0618 e. The van der Waals surface area contributed by atoms with Gasteiger partial charge in [0.15, 0.2) is 0 Å². The Kier molecular flexibility index (Phi) is 9.20. The average Bonchev–Trinajstić information content (AvgIpc) is 3.70. The van der Waals surface area contributed by atoms with Crippen molar-refractivity contribution in [3.63, 3.8) is 0 Å². The molecule has 0 unspecified atom stereocenters. The third-order valence-corrected chi connectivity index (χ3v) is 12.8. The smallest absolute Gasteiger partial charge is 0.0618 e. The van der Waals surface area contributed by atoms with Crippen molar-refractivity contribution in [1.82, 2.24) is 4.57 Å². The van der Waals surface area contributed by atoms with E-state index >= 15 is 0 Å². The predicted octanol–water partition coefficient (Wildman–Crippen LogP) is 17.2. The Hall–Kier alpha value is -8.46. The molecule has 0 atom stereocenters. The number of rotatable bonds is 8. The second-order valence-electron chi connectivity index (χ2n) is 16.4. The Morgan fingerprint density at radius 2 is 0.703 bits per heavy atom.